The second-order valence-corrected chi connectivity index (χ2v) is 10.2. The van der Waals surface area contributed by atoms with Gasteiger partial charge in [-0.3, -0.25) is 18.7 Å². The van der Waals surface area contributed by atoms with Crippen LogP contribution in [0.3, 0.4) is 0 Å². The number of nitrogens with zero attached hydrogens (tertiary/aromatic N) is 2. The normalized spacial score (nSPS) is 11.7. The Labute approximate surface area is 228 Å². The van der Waals surface area contributed by atoms with Crippen molar-refractivity contribution in [3.8, 4) is 11.4 Å². The van der Waals surface area contributed by atoms with Crippen LogP contribution in [-0.2, 0) is 0 Å². The van der Waals surface area contributed by atoms with Gasteiger partial charge >= 0.3 is 11.1 Å². The number of para-hydroxylation sites is 2. The molecule has 0 unspecified atom stereocenters. The predicted octanol–water partition coefficient (Wildman–Crippen LogP) is 7.75. The van der Waals surface area contributed by atoms with E-state index in [2.05, 4.69) is 48.5 Å². The van der Waals surface area contributed by atoms with Gasteiger partial charge in [0.05, 0.1) is 22.4 Å². The van der Waals surface area contributed by atoms with E-state index >= 15 is 0 Å². The summed E-state index contributed by atoms with van der Waals surface area (Å²) in [5, 5.41) is 8.88. The number of hydrogen-bond donors (Lipinski definition) is 0. The Hall–Kier alpha value is -5.48. The fourth-order valence-electron chi connectivity index (χ4n) is 6.04. The lowest BCUT2D eigenvalue weighted by molar-refractivity contribution is 0.920. The van der Waals surface area contributed by atoms with Crippen LogP contribution in [0.5, 0.6) is 0 Å². The Kier molecular flexibility index (Phi) is 4.79. The van der Waals surface area contributed by atoms with Crippen LogP contribution < -0.4 is 11.1 Å². The highest BCUT2D eigenvalue weighted by Crippen LogP contribution is 2.30. The van der Waals surface area contributed by atoms with Crippen LogP contribution in [0.25, 0.3) is 65.5 Å². The third-order valence-electron chi connectivity index (χ3n) is 7.93. The average Bonchev–Trinajstić information content (AvgIpc) is 3.01. The molecule has 0 N–H and O–H groups in total. The van der Waals surface area contributed by atoms with Crippen molar-refractivity contribution in [2.45, 2.75) is 0 Å². The fraction of sp³-hybridized carbons (Fsp3) is 0. The first-order chi connectivity index (χ1) is 19.7. The molecule has 8 aromatic rings. The molecule has 8 rings (SSSR count). The molecule has 0 saturated carbocycles. The van der Waals surface area contributed by atoms with Gasteiger partial charge in [0.25, 0.3) is 0 Å². The Morgan fingerprint density at radius 3 is 1.20 bits per heavy atom. The highest BCUT2D eigenvalue weighted by Gasteiger charge is 2.16. The van der Waals surface area contributed by atoms with Crippen molar-refractivity contribution in [2.24, 2.45) is 0 Å². The standard InChI is InChI=1S/C36H22N2O2/c39-35-36(40)38(28-18-20-32-26(22-28)16-14-24-8-2-4-10-30(24)32)34-12-6-5-11-33(34)37(35)27-17-19-31-25(21-27)15-13-23-7-1-3-9-29(23)31/h1-22H. The van der Waals surface area contributed by atoms with Gasteiger partial charge in [0, 0.05) is 0 Å². The van der Waals surface area contributed by atoms with E-state index in [0.29, 0.717) is 22.4 Å². The molecule has 0 spiro atoms. The van der Waals surface area contributed by atoms with Gasteiger partial charge in [0.2, 0.25) is 0 Å². The molecule has 7 aromatic carbocycles. The maximum atomic E-state index is 13.8. The van der Waals surface area contributed by atoms with E-state index in [-0.39, 0.29) is 0 Å². The van der Waals surface area contributed by atoms with E-state index in [1.54, 1.807) is 0 Å². The Morgan fingerprint density at radius 1 is 0.350 bits per heavy atom. The SMILES string of the molecule is O=c1c(=O)n(-c2ccc3c(ccc4ccccc43)c2)c2ccccc2n1-c1ccc2c(ccc3ccccc32)c1. The van der Waals surface area contributed by atoms with E-state index in [1.165, 1.54) is 9.13 Å². The monoisotopic (exact) mass is 514 g/mol. The van der Waals surface area contributed by atoms with Gasteiger partial charge in [0.15, 0.2) is 0 Å². The molecule has 0 aliphatic heterocycles. The highest BCUT2D eigenvalue weighted by atomic mass is 16.2. The van der Waals surface area contributed by atoms with E-state index in [1.807, 2.05) is 84.9 Å². The molecular weight excluding hydrogens is 492 g/mol. The zero-order valence-corrected chi connectivity index (χ0v) is 21.4. The lowest BCUT2D eigenvalue weighted by Gasteiger charge is -2.16. The molecule has 0 aliphatic carbocycles. The largest absolute Gasteiger partial charge is 0.321 e. The average molecular weight is 515 g/mol. The minimum Gasteiger partial charge on any atom is -0.271 e. The third-order valence-corrected chi connectivity index (χ3v) is 7.93. The van der Waals surface area contributed by atoms with E-state index in [0.717, 1.165) is 43.1 Å². The molecule has 0 amide bonds. The summed E-state index contributed by atoms with van der Waals surface area (Å²) < 4.78 is 3.08. The van der Waals surface area contributed by atoms with E-state index in [4.69, 9.17) is 0 Å². The minimum atomic E-state index is -0.586. The third kappa shape index (κ3) is 3.26. The first-order valence-electron chi connectivity index (χ1n) is 13.3. The maximum absolute atomic E-state index is 13.8. The Bertz CT molecular complexity index is 2260. The summed E-state index contributed by atoms with van der Waals surface area (Å²) in [4.78, 5) is 27.6. The van der Waals surface area contributed by atoms with Gasteiger partial charge in [-0.25, -0.2) is 0 Å². The fourth-order valence-corrected chi connectivity index (χ4v) is 6.04. The van der Waals surface area contributed by atoms with Crippen LogP contribution in [0, 0.1) is 0 Å². The number of hydrogen-bond acceptors (Lipinski definition) is 2. The summed E-state index contributed by atoms with van der Waals surface area (Å²) in [6.45, 7) is 0. The van der Waals surface area contributed by atoms with Crippen LogP contribution in [0.4, 0.5) is 0 Å². The lowest BCUT2D eigenvalue weighted by atomic mass is 10.0. The number of benzene rings is 7. The van der Waals surface area contributed by atoms with Gasteiger partial charge in [0.1, 0.15) is 0 Å². The summed E-state index contributed by atoms with van der Waals surface area (Å²) in [7, 11) is 0. The predicted molar refractivity (Wildman–Crippen MR) is 165 cm³/mol. The first kappa shape index (κ1) is 22.5. The van der Waals surface area contributed by atoms with Crippen LogP contribution >= 0.6 is 0 Å². The molecule has 0 radical (unpaired) electrons. The van der Waals surface area contributed by atoms with Crippen LogP contribution in [0.2, 0.25) is 0 Å². The maximum Gasteiger partial charge on any atom is 0.321 e. The second-order valence-electron chi connectivity index (χ2n) is 10.2. The molecule has 0 atom stereocenters. The van der Waals surface area contributed by atoms with E-state index in [9.17, 15) is 9.59 Å². The highest BCUT2D eigenvalue weighted by molar-refractivity contribution is 6.09. The Morgan fingerprint density at radius 2 is 0.725 bits per heavy atom. The molecule has 1 heterocycles. The number of rotatable bonds is 2. The van der Waals surface area contributed by atoms with Gasteiger partial charge in [-0.1, -0.05) is 97.1 Å². The molecule has 1 aromatic heterocycles. The second kappa shape index (κ2) is 8.52. The van der Waals surface area contributed by atoms with Crippen molar-refractivity contribution in [2.75, 3.05) is 0 Å². The summed E-state index contributed by atoms with van der Waals surface area (Å²) >= 11 is 0. The summed E-state index contributed by atoms with van der Waals surface area (Å²) in [6, 6.07) is 44.3. The van der Waals surface area contributed by atoms with Crippen molar-refractivity contribution in [3.05, 3.63) is 154 Å². The van der Waals surface area contributed by atoms with Gasteiger partial charge in [-0.15, -0.1) is 0 Å². The van der Waals surface area contributed by atoms with Gasteiger partial charge in [-0.2, -0.15) is 0 Å². The summed E-state index contributed by atoms with van der Waals surface area (Å²) in [6.07, 6.45) is 0. The topological polar surface area (TPSA) is 44.0 Å². The van der Waals surface area contributed by atoms with Crippen molar-refractivity contribution in [1.82, 2.24) is 9.13 Å². The van der Waals surface area contributed by atoms with Crippen LogP contribution in [0.15, 0.2) is 143 Å². The minimum absolute atomic E-state index is 0.586. The zero-order chi connectivity index (χ0) is 26.8. The first-order valence-corrected chi connectivity index (χ1v) is 13.3. The molecule has 0 bridgehead atoms. The zero-order valence-electron chi connectivity index (χ0n) is 21.4. The number of fused-ring (bicyclic) bond motifs is 7. The lowest BCUT2D eigenvalue weighted by Crippen LogP contribution is -2.40. The molecule has 4 heteroatoms. The van der Waals surface area contributed by atoms with Crippen molar-refractivity contribution >= 4 is 54.1 Å². The molecule has 40 heavy (non-hydrogen) atoms. The molecule has 0 fully saturated rings. The molecular formula is C36H22N2O2. The molecule has 4 nitrogen and oxygen atoms in total. The van der Waals surface area contributed by atoms with Crippen LogP contribution in [0.1, 0.15) is 0 Å². The quantitative estimate of drug-likeness (QED) is 0.175. The van der Waals surface area contributed by atoms with Crippen molar-refractivity contribution < 1.29 is 0 Å². The number of aromatic nitrogens is 2. The van der Waals surface area contributed by atoms with Crippen molar-refractivity contribution in [3.63, 3.8) is 0 Å². The molecule has 0 saturated heterocycles. The van der Waals surface area contributed by atoms with Crippen LogP contribution in [-0.4, -0.2) is 9.13 Å². The molecule has 0 aliphatic rings. The van der Waals surface area contributed by atoms with Gasteiger partial charge < -0.3 is 0 Å². The smallest absolute Gasteiger partial charge is 0.271 e. The van der Waals surface area contributed by atoms with E-state index < -0.39 is 11.1 Å². The summed E-state index contributed by atoms with van der Waals surface area (Å²) in [5.41, 5.74) is 1.50. The Balaban J connectivity index is 1.37. The van der Waals surface area contributed by atoms with Gasteiger partial charge in [-0.05, 0) is 79.5 Å². The van der Waals surface area contributed by atoms with Crippen molar-refractivity contribution in [1.29, 1.82) is 0 Å². The summed E-state index contributed by atoms with van der Waals surface area (Å²) in [5.74, 6) is 0. The molecule has 188 valence electrons.